The predicted octanol–water partition coefficient (Wildman–Crippen LogP) is 4.05. The van der Waals surface area contributed by atoms with Crippen molar-refractivity contribution in [2.24, 2.45) is 0 Å². The average molecular weight is 233 g/mol. The van der Waals surface area contributed by atoms with E-state index >= 15 is 0 Å². The molecule has 1 nitrogen and oxygen atoms in total. The first-order valence-electron chi connectivity index (χ1n) is 6.76. The molecule has 0 aliphatic rings. The normalized spacial score (nSPS) is 13.7. The molecule has 0 aliphatic heterocycles. The largest absolute Gasteiger partial charge is 0.314 e. The number of benzene rings is 1. The summed E-state index contributed by atoms with van der Waals surface area (Å²) in [5.41, 5.74) is 3.04. The molecule has 0 heterocycles. The van der Waals surface area contributed by atoms with Crippen molar-refractivity contribution < 1.29 is 0 Å². The number of aryl methyl sites for hydroxylation is 1. The van der Waals surface area contributed by atoms with Crippen molar-refractivity contribution in [3.05, 3.63) is 35.4 Å². The molecule has 1 unspecified atom stereocenters. The molecule has 0 radical (unpaired) electrons. The Hall–Kier alpha value is -0.820. The van der Waals surface area contributed by atoms with Gasteiger partial charge >= 0.3 is 0 Å². The molecule has 1 rings (SSSR count). The molecule has 0 amide bonds. The van der Waals surface area contributed by atoms with E-state index in [0.29, 0.717) is 6.04 Å². The van der Waals surface area contributed by atoms with Crippen molar-refractivity contribution in [1.29, 1.82) is 0 Å². The van der Waals surface area contributed by atoms with Crippen LogP contribution in [-0.4, -0.2) is 12.6 Å². The Morgan fingerprint density at radius 1 is 1.29 bits per heavy atom. The number of rotatable bonds is 6. The van der Waals surface area contributed by atoms with Crippen molar-refractivity contribution in [3.8, 4) is 0 Å². The van der Waals surface area contributed by atoms with Crippen LogP contribution in [-0.2, 0) is 5.41 Å². The fourth-order valence-corrected chi connectivity index (χ4v) is 2.41. The first-order valence-corrected chi connectivity index (χ1v) is 6.76. The highest BCUT2D eigenvalue weighted by Gasteiger charge is 2.23. The zero-order chi connectivity index (χ0) is 12.9. The minimum Gasteiger partial charge on any atom is -0.314 e. The van der Waals surface area contributed by atoms with Gasteiger partial charge in [-0.05, 0) is 44.2 Å². The molecule has 0 fully saturated rings. The second kappa shape index (κ2) is 6.20. The van der Waals surface area contributed by atoms with Gasteiger partial charge in [-0.1, -0.05) is 50.6 Å². The van der Waals surface area contributed by atoms with Gasteiger partial charge in [-0.2, -0.15) is 0 Å². The zero-order valence-electron chi connectivity index (χ0n) is 12.0. The molecule has 0 saturated heterocycles. The van der Waals surface area contributed by atoms with Gasteiger partial charge in [-0.25, -0.2) is 0 Å². The van der Waals surface area contributed by atoms with Crippen LogP contribution < -0.4 is 5.32 Å². The Morgan fingerprint density at radius 2 is 2.00 bits per heavy atom. The van der Waals surface area contributed by atoms with Gasteiger partial charge < -0.3 is 5.32 Å². The molecule has 17 heavy (non-hydrogen) atoms. The summed E-state index contributed by atoms with van der Waals surface area (Å²) in [6.45, 7) is 12.5. The lowest BCUT2D eigenvalue weighted by atomic mass is 9.79. The molecule has 0 spiro atoms. The van der Waals surface area contributed by atoms with E-state index in [1.165, 1.54) is 24.0 Å². The first-order chi connectivity index (χ1) is 7.95. The van der Waals surface area contributed by atoms with Gasteiger partial charge in [0, 0.05) is 6.04 Å². The monoisotopic (exact) mass is 233 g/mol. The number of hydrogen-bond acceptors (Lipinski definition) is 1. The highest BCUT2D eigenvalue weighted by molar-refractivity contribution is 5.28. The van der Waals surface area contributed by atoms with Crippen LogP contribution in [0.1, 0.15) is 51.7 Å². The SMILES string of the molecule is CCCNC(C)CC(C)(C)c1cccc(C)c1. The molecule has 96 valence electrons. The second-order valence-corrected chi connectivity index (χ2v) is 5.81. The molecular formula is C16H27N. The summed E-state index contributed by atoms with van der Waals surface area (Å²) >= 11 is 0. The highest BCUT2D eigenvalue weighted by atomic mass is 14.9. The van der Waals surface area contributed by atoms with Gasteiger partial charge in [0.25, 0.3) is 0 Å². The summed E-state index contributed by atoms with van der Waals surface area (Å²) in [5, 5.41) is 3.57. The van der Waals surface area contributed by atoms with Gasteiger partial charge in [0.15, 0.2) is 0 Å². The summed E-state index contributed by atoms with van der Waals surface area (Å²) in [7, 11) is 0. The number of hydrogen-bond donors (Lipinski definition) is 1. The van der Waals surface area contributed by atoms with Crippen molar-refractivity contribution in [2.75, 3.05) is 6.54 Å². The molecule has 0 bridgehead atoms. The lowest BCUT2D eigenvalue weighted by molar-refractivity contribution is 0.389. The number of nitrogens with one attached hydrogen (secondary N) is 1. The van der Waals surface area contributed by atoms with Gasteiger partial charge in [0.05, 0.1) is 0 Å². The summed E-state index contributed by atoms with van der Waals surface area (Å²) < 4.78 is 0. The van der Waals surface area contributed by atoms with Crippen LogP contribution in [0.25, 0.3) is 0 Å². The summed E-state index contributed by atoms with van der Waals surface area (Å²) in [5.74, 6) is 0. The molecule has 1 heteroatoms. The van der Waals surface area contributed by atoms with Crippen LogP contribution in [0.3, 0.4) is 0 Å². The Labute approximate surface area is 107 Å². The van der Waals surface area contributed by atoms with Gasteiger partial charge in [-0.15, -0.1) is 0 Å². The van der Waals surface area contributed by atoms with E-state index < -0.39 is 0 Å². The topological polar surface area (TPSA) is 12.0 Å². The summed E-state index contributed by atoms with van der Waals surface area (Å²) in [4.78, 5) is 0. The Kier molecular flexibility index (Phi) is 5.20. The van der Waals surface area contributed by atoms with Crippen molar-refractivity contribution in [1.82, 2.24) is 5.32 Å². The zero-order valence-corrected chi connectivity index (χ0v) is 12.0. The maximum atomic E-state index is 3.57. The maximum Gasteiger partial charge on any atom is 0.00470 e. The van der Waals surface area contributed by atoms with Crippen LogP contribution in [0.4, 0.5) is 0 Å². The molecule has 1 aromatic carbocycles. The Bertz CT molecular complexity index is 341. The van der Waals surface area contributed by atoms with E-state index in [1.807, 2.05) is 0 Å². The van der Waals surface area contributed by atoms with E-state index in [0.717, 1.165) is 6.54 Å². The van der Waals surface area contributed by atoms with Crippen LogP contribution in [0.2, 0.25) is 0 Å². The first kappa shape index (κ1) is 14.2. The van der Waals surface area contributed by atoms with E-state index in [1.54, 1.807) is 0 Å². The fourth-order valence-electron chi connectivity index (χ4n) is 2.41. The van der Waals surface area contributed by atoms with E-state index in [-0.39, 0.29) is 5.41 Å². The third-order valence-electron chi connectivity index (χ3n) is 3.36. The second-order valence-electron chi connectivity index (χ2n) is 5.81. The maximum absolute atomic E-state index is 3.57. The van der Waals surface area contributed by atoms with E-state index in [4.69, 9.17) is 0 Å². The van der Waals surface area contributed by atoms with Crippen molar-refractivity contribution in [3.63, 3.8) is 0 Å². The standard InChI is InChI=1S/C16H27N/c1-6-10-17-14(3)12-16(4,5)15-9-7-8-13(2)11-15/h7-9,11,14,17H,6,10,12H2,1-5H3. The van der Waals surface area contributed by atoms with Gasteiger partial charge in [0.2, 0.25) is 0 Å². The lowest BCUT2D eigenvalue weighted by Gasteiger charge is -2.29. The van der Waals surface area contributed by atoms with E-state index in [2.05, 4.69) is 64.2 Å². The molecule has 1 atom stereocenters. The predicted molar refractivity (Wildman–Crippen MR) is 76.6 cm³/mol. The molecule has 1 aromatic rings. The third-order valence-corrected chi connectivity index (χ3v) is 3.36. The van der Waals surface area contributed by atoms with E-state index in [9.17, 15) is 0 Å². The lowest BCUT2D eigenvalue weighted by Crippen LogP contribution is -2.33. The van der Waals surface area contributed by atoms with Crippen LogP contribution in [0, 0.1) is 6.92 Å². The molecule has 0 aromatic heterocycles. The Morgan fingerprint density at radius 3 is 2.59 bits per heavy atom. The van der Waals surface area contributed by atoms with Gasteiger partial charge in [0.1, 0.15) is 0 Å². The molecule has 0 saturated carbocycles. The molecular weight excluding hydrogens is 206 g/mol. The third kappa shape index (κ3) is 4.51. The minimum absolute atomic E-state index is 0.242. The van der Waals surface area contributed by atoms with Crippen LogP contribution in [0.15, 0.2) is 24.3 Å². The average Bonchev–Trinajstić information content (AvgIpc) is 2.26. The van der Waals surface area contributed by atoms with Crippen LogP contribution in [0.5, 0.6) is 0 Å². The quantitative estimate of drug-likeness (QED) is 0.781. The highest BCUT2D eigenvalue weighted by Crippen LogP contribution is 2.28. The smallest absolute Gasteiger partial charge is 0.00470 e. The summed E-state index contributed by atoms with van der Waals surface area (Å²) in [6, 6.07) is 9.46. The van der Waals surface area contributed by atoms with Gasteiger partial charge in [-0.3, -0.25) is 0 Å². The Balaban J connectivity index is 2.67. The summed E-state index contributed by atoms with van der Waals surface area (Å²) in [6.07, 6.45) is 2.38. The fraction of sp³-hybridized carbons (Fsp3) is 0.625. The van der Waals surface area contributed by atoms with Crippen LogP contribution >= 0.6 is 0 Å². The molecule has 1 N–H and O–H groups in total. The minimum atomic E-state index is 0.242. The molecule has 0 aliphatic carbocycles. The van der Waals surface area contributed by atoms with Crippen molar-refractivity contribution >= 4 is 0 Å². The van der Waals surface area contributed by atoms with Crippen molar-refractivity contribution in [2.45, 2.75) is 58.9 Å².